The molecule has 2 aromatic rings. The van der Waals surface area contributed by atoms with Gasteiger partial charge >= 0.3 is 0 Å². The van der Waals surface area contributed by atoms with Crippen LogP contribution in [0.5, 0.6) is 0 Å². The van der Waals surface area contributed by atoms with Crippen molar-refractivity contribution in [3.63, 3.8) is 0 Å². The number of hydrogen-bond donors (Lipinski definition) is 1. The van der Waals surface area contributed by atoms with Crippen LogP contribution in [0.1, 0.15) is 38.5 Å². The van der Waals surface area contributed by atoms with E-state index < -0.39 is 0 Å². The minimum atomic E-state index is 0.284. The standard InChI is InChI=1S/C15H20N2O2/c1-3-18-9-10(2)16-12-6-7-14-13(8-12)17-15(19-14)11-4-5-11/h6-8,10-11,16H,3-5,9H2,1-2H3. The second kappa shape index (κ2) is 5.21. The first-order valence-electron chi connectivity index (χ1n) is 7.01. The molecule has 0 radical (unpaired) electrons. The molecule has 1 saturated carbocycles. The summed E-state index contributed by atoms with van der Waals surface area (Å²) in [6.45, 7) is 5.58. The van der Waals surface area contributed by atoms with Gasteiger partial charge in [0.2, 0.25) is 0 Å². The van der Waals surface area contributed by atoms with Gasteiger partial charge in [-0.15, -0.1) is 0 Å². The van der Waals surface area contributed by atoms with E-state index in [1.807, 2.05) is 25.1 Å². The lowest BCUT2D eigenvalue weighted by atomic mass is 10.2. The lowest BCUT2D eigenvalue weighted by molar-refractivity contribution is 0.141. The number of anilines is 1. The number of nitrogens with zero attached hydrogens (tertiary/aromatic N) is 1. The SMILES string of the molecule is CCOCC(C)Nc1ccc2oc(C3CC3)nc2c1. The largest absolute Gasteiger partial charge is 0.440 e. The molecule has 1 aliphatic carbocycles. The first kappa shape index (κ1) is 12.5. The molecule has 4 heteroatoms. The van der Waals surface area contributed by atoms with Crippen LogP contribution in [-0.2, 0) is 4.74 Å². The third kappa shape index (κ3) is 2.89. The smallest absolute Gasteiger partial charge is 0.198 e. The van der Waals surface area contributed by atoms with Gasteiger partial charge in [-0.25, -0.2) is 4.98 Å². The lowest BCUT2D eigenvalue weighted by Gasteiger charge is -2.14. The van der Waals surface area contributed by atoms with Gasteiger partial charge in [0.05, 0.1) is 6.61 Å². The van der Waals surface area contributed by atoms with E-state index in [4.69, 9.17) is 9.15 Å². The van der Waals surface area contributed by atoms with Gasteiger partial charge in [-0.2, -0.15) is 0 Å². The van der Waals surface area contributed by atoms with Crippen LogP contribution in [0.2, 0.25) is 0 Å². The molecule has 1 unspecified atom stereocenters. The molecule has 4 nitrogen and oxygen atoms in total. The van der Waals surface area contributed by atoms with Crippen molar-refractivity contribution in [1.29, 1.82) is 0 Å². The summed E-state index contributed by atoms with van der Waals surface area (Å²) in [5, 5.41) is 3.42. The van der Waals surface area contributed by atoms with Gasteiger partial charge in [0.25, 0.3) is 0 Å². The van der Waals surface area contributed by atoms with Crippen molar-refractivity contribution in [3.8, 4) is 0 Å². The first-order valence-corrected chi connectivity index (χ1v) is 7.01. The van der Waals surface area contributed by atoms with E-state index in [2.05, 4.69) is 17.2 Å². The number of fused-ring (bicyclic) bond motifs is 1. The Labute approximate surface area is 113 Å². The summed E-state index contributed by atoms with van der Waals surface area (Å²) < 4.78 is 11.2. The van der Waals surface area contributed by atoms with Gasteiger partial charge in [-0.3, -0.25) is 0 Å². The summed E-state index contributed by atoms with van der Waals surface area (Å²) in [6, 6.07) is 6.36. The van der Waals surface area contributed by atoms with Crippen molar-refractivity contribution in [3.05, 3.63) is 24.1 Å². The molecule has 1 aromatic heterocycles. The summed E-state index contributed by atoms with van der Waals surface area (Å²) in [6.07, 6.45) is 2.42. The lowest BCUT2D eigenvalue weighted by Crippen LogP contribution is -2.21. The van der Waals surface area contributed by atoms with Gasteiger partial charge in [0, 0.05) is 24.3 Å². The number of nitrogens with one attached hydrogen (secondary N) is 1. The second-order valence-electron chi connectivity index (χ2n) is 5.21. The fraction of sp³-hybridized carbons (Fsp3) is 0.533. The number of benzene rings is 1. The fourth-order valence-corrected chi connectivity index (χ4v) is 2.16. The van der Waals surface area contributed by atoms with E-state index in [0.717, 1.165) is 29.3 Å². The van der Waals surface area contributed by atoms with Crippen molar-refractivity contribution in [2.24, 2.45) is 0 Å². The first-order chi connectivity index (χ1) is 9.26. The van der Waals surface area contributed by atoms with Crippen LogP contribution in [0.3, 0.4) is 0 Å². The van der Waals surface area contributed by atoms with Crippen LogP contribution in [0.25, 0.3) is 11.1 Å². The quantitative estimate of drug-likeness (QED) is 0.863. The average Bonchev–Trinajstić information content (AvgIpc) is 3.16. The summed E-state index contributed by atoms with van der Waals surface area (Å²) in [7, 11) is 0. The monoisotopic (exact) mass is 260 g/mol. The van der Waals surface area contributed by atoms with Gasteiger partial charge in [0.15, 0.2) is 11.5 Å². The van der Waals surface area contributed by atoms with Crippen LogP contribution in [0, 0.1) is 0 Å². The third-order valence-corrected chi connectivity index (χ3v) is 3.32. The van der Waals surface area contributed by atoms with Crippen molar-refractivity contribution in [2.75, 3.05) is 18.5 Å². The maximum atomic E-state index is 5.75. The Morgan fingerprint density at radius 1 is 1.47 bits per heavy atom. The summed E-state index contributed by atoms with van der Waals surface area (Å²) in [5.74, 6) is 1.45. The van der Waals surface area contributed by atoms with Crippen LogP contribution in [-0.4, -0.2) is 24.2 Å². The molecular weight excluding hydrogens is 240 g/mol. The van der Waals surface area contributed by atoms with E-state index in [0.29, 0.717) is 12.5 Å². The predicted molar refractivity (Wildman–Crippen MR) is 75.6 cm³/mol. The number of oxazole rings is 1. The number of aromatic nitrogens is 1. The maximum absolute atomic E-state index is 5.75. The van der Waals surface area contributed by atoms with Gasteiger partial charge in [-0.05, 0) is 44.9 Å². The molecule has 0 bridgehead atoms. The van der Waals surface area contributed by atoms with Crippen LogP contribution in [0.15, 0.2) is 22.6 Å². The van der Waals surface area contributed by atoms with E-state index in [1.54, 1.807) is 0 Å². The summed E-state index contributed by atoms with van der Waals surface area (Å²) >= 11 is 0. The molecule has 1 aliphatic rings. The van der Waals surface area contributed by atoms with Gasteiger partial charge in [0.1, 0.15) is 5.52 Å². The van der Waals surface area contributed by atoms with Crippen LogP contribution >= 0.6 is 0 Å². The Balaban J connectivity index is 1.73. The Morgan fingerprint density at radius 3 is 3.05 bits per heavy atom. The Morgan fingerprint density at radius 2 is 2.32 bits per heavy atom. The molecule has 1 aromatic carbocycles. The van der Waals surface area contributed by atoms with Crippen molar-refractivity contribution in [2.45, 2.75) is 38.6 Å². The molecule has 1 N–H and O–H groups in total. The van der Waals surface area contributed by atoms with E-state index in [9.17, 15) is 0 Å². The Kier molecular flexibility index (Phi) is 3.42. The zero-order valence-electron chi connectivity index (χ0n) is 11.5. The zero-order valence-corrected chi connectivity index (χ0v) is 11.5. The van der Waals surface area contributed by atoms with Crippen LogP contribution in [0.4, 0.5) is 5.69 Å². The number of ether oxygens (including phenoxy) is 1. The van der Waals surface area contributed by atoms with E-state index in [1.165, 1.54) is 12.8 Å². The topological polar surface area (TPSA) is 47.3 Å². The number of hydrogen-bond acceptors (Lipinski definition) is 4. The predicted octanol–water partition coefficient (Wildman–Crippen LogP) is 3.54. The molecule has 1 atom stereocenters. The molecule has 0 amide bonds. The Hall–Kier alpha value is -1.55. The average molecular weight is 260 g/mol. The summed E-state index contributed by atoms with van der Waals surface area (Å²) in [4.78, 5) is 4.57. The molecule has 0 saturated heterocycles. The van der Waals surface area contributed by atoms with Crippen molar-refractivity contribution >= 4 is 16.8 Å². The molecule has 1 fully saturated rings. The molecule has 1 heterocycles. The van der Waals surface area contributed by atoms with E-state index in [-0.39, 0.29) is 6.04 Å². The molecule has 19 heavy (non-hydrogen) atoms. The molecule has 3 rings (SSSR count). The van der Waals surface area contributed by atoms with Crippen molar-refractivity contribution < 1.29 is 9.15 Å². The molecule has 102 valence electrons. The normalized spacial score (nSPS) is 16.7. The zero-order chi connectivity index (χ0) is 13.2. The highest BCUT2D eigenvalue weighted by atomic mass is 16.5. The van der Waals surface area contributed by atoms with Crippen molar-refractivity contribution in [1.82, 2.24) is 4.98 Å². The van der Waals surface area contributed by atoms with Gasteiger partial charge < -0.3 is 14.5 Å². The van der Waals surface area contributed by atoms with E-state index >= 15 is 0 Å². The fourth-order valence-electron chi connectivity index (χ4n) is 2.16. The number of rotatable bonds is 6. The highest BCUT2D eigenvalue weighted by Crippen LogP contribution is 2.40. The molecular formula is C15H20N2O2. The highest BCUT2D eigenvalue weighted by molar-refractivity contribution is 5.77. The minimum absolute atomic E-state index is 0.284. The van der Waals surface area contributed by atoms with Crippen LogP contribution < -0.4 is 5.32 Å². The maximum Gasteiger partial charge on any atom is 0.198 e. The third-order valence-electron chi connectivity index (χ3n) is 3.32. The second-order valence-corrected chi connectivity index (χ2v) is 5.21. The molecule has 0 aliphatic heterocycles. The minimum Gasteiger partial charge on any atom is -0.440 e. The highest BCUT2D eigenvalue weighted by Gasteiger charge is 2.28. The van der Waals surface area contributed by atoms with Gasteiger partial charge in [-0.1, -0.05) is 0 Å². The Bertz CT molecular complexity index is 560. The summed E-state index contributed by atoms with van der Waals surface area (Å²) in [5.41, 5.74) is 2.88. The molecule has 0 spiro atoms.